The van der Waals surface area contributed by atoms with Gasteiger partial charge in [0.2, 0.25) is 0 Å². The lowest BCUT2D eigenvalue weighted by Gasteiger charge is -2.31. The van der Waals surface area contributed by atoms with E-state index in [-0.39, 0.29) is 12.5 Å². The Kier molecular flexibility index (Phi) is 3.11. The summed E-state index contributed by atoms with van der Waals surface area (Å²) in [5.41, 5.74) is 1.35. The molecule has 3 heterocycles. The van der Waals surface area contributed by atoms with Crippen molar-refractivity contribution in [3.63, 3.8) is 0 Å². The molecule has 0 spiro atoms. The molecule has 1 fully saturated rings. The summed E-state index contributed by atoms with van der Waals surface area (Å²) in [5.74, 6) is 0.264. The summed E-state index contributed by atoms with van der Waals surface area (Å²) >= 11 is 0. The minimum absolute atomic E-state index is 0.0936. The quantitative estimate of drug-likeness (QED) is 0.590. The largest absolute Gasteiger partial charge is 0.455 e. The predicted octanol–water partition coefficient (Wildman–Crippen LogP) is 1.04. The minimum atomic E-state index is -0.421. The number of cyclic esters (lactones) is 1. The lowest BCUT2D eigenvalue weighted by atomic mass is 9.98. The fraction of sp³-hybridized carbons (Fsp3) is 0.429. The second-order valence-electron chi connectivity index (χ2n) is 5.00. The Morgan fingerprint density at radius 3 is 2.85 bits per heavy atom. The fourth-order valence-corrected chi connectivity index (χ4v) is 2.61. The topological polar surface area (TPSA) is 83.3 Å². The molecule has 20 heavy (non-hydrogen) atoms. The Balaban J connectivity index is 1.92. The molecule has 0 atom stereocenters. The Bertz CT molecular complexity index is 613. The smallest absolute Gasteiger partial charge is 0.340 e. The summed E-state index contributed by atoms with van der Waals surface area (Å²) in [7, 11) is 0. The summed E-state index contributed by atoms with van der Waals surface area (Å²) in [6, 6.07) is 3.64. The van der Waals surface area contributed by atoms with Gasteiger partial charge in [-0.25, -0.2) is 9.78 Å². The Morgan fingerprint density at radius 2 is 2.20 bits per heavy atom. The number of aldehydes is 1. The van der Waals surface area contributed by atoms with E-state index in [2.05, 4.69) is 11.1 Å². The normalized spacial score (nSPS) is 18.4. The van der Waals surface area contributed by atoms with Crippen LogP contribution in [0.5, 0.6) is 0 Å². The van der Waals surface area contributed by atoms with E-state index in [0.29, 0.717) is 35.7 Å². The van der Waals surface area contributed by atoms with E-state index in [4.69, 9.17) is 4.74 Å². The molecule has 0 unspecified atom stereocenters. The van der Waals surface area contributed by atoms with Crippen molar-refractivity contribution in [3.05, 3.63) is 22.9 Å². The number of esters is 1. The maximum absolute atomic E-state index is 11.5. The molecule has 0 saturated carbocycles. The average Bonchev–Trinajstić information content (AvgIpc) is 2.87. The number of anilines is 1. The molecule has 1 aromatic heterocycles. The second kappa shape index (κ2) is 4.93. The Labute approximate surface area is 116 Å². The van der Waals surface area contributed by atoms with Crippen molar-refractivity contribution in [2.75, 3.05) is 18.0 Å². The van der Waals surface area contributed by atoms with Crippen molar-refractivity contribution in [1.29, 1.82) is 5.26 Å². The van der Waals surface area contributed by atoms with Crippen LogP contribution in [0.25, 0.3) is 0 Å². The lowest BCUT2D eigenvalue weighted by molar-refractivity contribution is -0.111. The van der Waals surface area contributed by atoms with Crippen LogP contribution < -0.4 is 4.90 Å². The number of hydrogen-bond acceptors (Lipinski definition) is 6. The summed E-state index contributed by atoms with van der Waals surface area (Å²) in [5, 5.41) is 9.24. The van der Waals surface area contributed by atoms with Crippen molar-refractivity contribution < 1.29 is 14.3 Å². The van der Waals surface area contributed by atoms with E-state index in [1.165, 1.54) is 0 Å². The molecular formula is C14H13N3O3. The first-order chi connectivity index (χ1) is 9.72. The van der Waals surface area contributed by atoms with Gasteiger partial charge in [-0.05, 0) is 18.9 Å². The van der Waals surface area contributed by atoms with Crippen molar-refractivity contribution in [2.24, 2.45) is 5.92 Å². The zero-order chi connectivity index (χ0) is 14.1. The summed E-state index contributed by atoms with van der Waals surface area (Å²) in [6.07, 6.45) is 2.52. The molecule has 0 aromatic carbocycles. The molecule has 0 aliphatic carbocycles. The van der Waals surface area contributed by atoms with Crippen molar-refractivity contribution in [3.8, 4) is 6.07 Å². The number of carbonyl (C=O) groups is 2. The molecule has 0 amide bonds. The molecular weight excluding hydrogens is 258 g/mol. The van der Waals surface area contributed by atoms with Crippen LogP contribution in [-0.4, -0.2) is 30.3 Å². The number of hydrogen-bond donors (Lipinski definition) is 0. The minimum Gasteiger partial charge on any atom is -0.455 e. The summed E-state index contributed by atoms with van der Waals surface area (Å²) in [4.78, 5) is 28.7. The van der Waals surface area contributed by atoms with E-state index >= 15 is 0 Å². The molecule has 6 nitrogen and oxygen atoms in total. The van der Waals surface area contributed by atoms with Crippen LogP contribution >= 0.6 is 0 Å². The number of fused-ring (bicyclic) bond motifs is 1. The Morgan fingerprint density at radius 1 is 1.45 bits per heavy atom. The molecule has 0 N–H and O–H groups in total. The predicted molar refractivity (Wildman–Crippen MR) is 69.1 cm³/mol. The van der Waals surface area contributed by atoms with E-state index in [1.807, 2.05) is 4.90 Å². The molecule has 0 radical (unpaired) electrons. The Hall–Kier alpha value is -2.42. The van der Waals surface area contributed by atoms with Crippen LogP contribution in [0.4, 0.5) is 5.82 Å². The van der Waals surface area contributed by atoms with Gasteiger partial charge < -0.3 is 14.4 Å². The summed E-state index contributed by atoms with van der Waals surface area (Å²) in [6.45, 7) is 1.55. The number of carbonyl (C=O) groups excluding carboxylic acids is 2. The first-order valence-electron chi connectivity index (χ1n) is 6.54. The maximum Gasteiger partial charge on any atom is 0.340 e. The van der Waals surface area contributed by atoms with E-state index in [1.54, 1.807) is 6.07 Å². The first-order valence-corrected chi connectivity index (χ1v) is 6.54. The van der Waals surface area contributed by atoms with Gasteiger partial charge in [-0.3, -0.25) is 0 Å². The highest BCUT2D eigenvalue weighted by molar-refractivity contribution is 5.93. The van der Waals surface area contributed by atoms with Gasteiger partial charge in [0.1, 0.15) is 24.8 Å². The molecule has 1 saturated heterocycles. The number of rotatable bonds is 2. The molecule has 1 aromatic rings. The number of nitriles is 1. The van der Waals surface area contributed by atoms with E-state index in [0.717, 1.165) is 19.1 Å². The zero-order valence-electron chi connectivity index (χ0n) is 10.8. The molecule has 102 valence electrons. The van der Waals surface area contributed by atoms with Crippen LogP contribution in [0.1, 0.15) is 34.5 Å². The molecule has 2 aliphatic rings. The van der Waals surface area contributed by atoms with Crippen LogP contribution in [0.3, 0.4) is 0 Å². The van der Waals surface area contributed by atoms with Gasteiger partial charge in [0.15, 0.2) is 0 Å². The van der Waals surface area contributed by atoms with Crippen molar-refractivity contribution >= 4 is 18.1 Å². The average molecular weight is 271 g/mol. The third-order valence-corrected chi connectivity index (χ3v) is 3.79. The SMILES string of the molecule is N#Cc1cc2c(nc1N1CCC(C=O)CC1)COC2=O. The van der Waals surface area contributed by atoms with Gasteiger partial charge in [0.25, 0.3) is 0 Å². The number of nitrogens with zero attached hydrogens (tertiary/aromatic N) is 3. The molecule has 2 aliphatic heterocycles. The second-order valence-corrected chi connectivity index (χ2v) is 5.00. The number of aromatic nitrogens is 1. The van der Waals surface area contributed by atoms with Crippen LogP contribution in [0.15, 0.2) is 6.07 Å². The highest BCUT2D eigenvalue weighted by atomic mass is 16.5. The maximum atomic E-state index is 11.5. The standard InChI is InChI=1S/C14H13N3O3/c15-6-10-5-11-12(8-20-14(11)19)16-13(10)17-3-1-9(7-18)2-4-17/h5,7,9H,1-4,8H2. The fourth-order valence-electron chi connectivity index (χ4n) is 2.61. The lowest BCUT2D eigenvalue weighted by Crippen LogP contribution is -2.35. The number of ether oxygens (including phenoxy) is 1. The monoisotopic (exact) mass is 271 g/mol. The summed E-state index contributed by atoms with van der Waals surface area (Å²) < 4.78 is 4.92. The highest BCUT2D eigenvalue weighted by Gasteiger charge is 2.28. The third-order valence-electron chi connectivity index (χ3n) is 3.79. The zero-order valence-corrected chi connectivity index (χ0v) is 10.8. The molecule has 0 bridgehead atoms. The van der Waals surface area contributed by atoms with Gasteiger partial charge in [-0.15, -0.1) is 0 Å². The van der Waals surface area contributed by atoms with E-state index < -0.39 is 5.97 Å². The van der Waals surface area contributed by atoms with Gasteiger partial charge in [0.05, 0.1) is 16.8 Å². The molecule has 6 heteroatoms. The van der Waals surface area contributed by atoms with Gasteiger partial charge >= 0.3 is 5.97 Å². The third kappa shape index (κ3) is 2.01. The number of piperidine rings is 1. The number of pyridine rings is 1. The van der Waals surface area contributed by atoms with Gasteiger partial charge in [-0.2, -0.15) is 5.26 Å². The van der Waals surface area contributed by atoms with Crippen LogP contribution in [0, 0.1) is 17.2 Å². The van der Waals surface area contributed by atoms with Gasteiger partial charge in [0, 0.05) is 19.0 Å². The van der Waals surface area contributed by atoms with Crippen LogP contribution in [-0.2, 0) is 16.1 Å². The van der Waals surface area contributed by atoms with Crippen LogP contribution in [0.2, 0.25) is 0 Å². The van der Waals surface area contributed by atoms with Crippen molar-refractivity contribution in [1.82, 2.24) is 4.98 Å². The van der Waals surface area contributed by atoms with E-state index in [9.17, 15) is 14.9 Å². The van der Waals surface area contributed by atoms with Crippen molar-refractivity contribution in [2.45, 2.75) is 19.4 Å². The first kappa shape index (κ1) is 12.6. The van der Waals surface area contributed by atoms with Gasteiger partial charge in [-0.1, -0.05) is 0 Å². The molecule has 3 rings (SSSR count). The highest BCUT2D eigenvalue weighted by Crippen LogP contribution is 2.28.